The molecule has 0 saturated heterocycles. The first kappa shape index (κ1) is 15.2. The summed E-state index contributed by atoms with van der Waals surface area (Å²) in [6, 6.07) is 1.21. The van der Waals surface area contributed by atoms with E-state index in [9.17, 15) is 0 Å². The second-order valence-corrected chi connectivity index (χ2v) is 6.24. The maximum Gasteiger partial charge on any atom is 0.131 e. The summed E-state index contributed by atoms with van der Waals surface area (Å²) >= 11 is 0. The minimum atomic E-state index is 0.373. The molecule has 1 aliphatic carbocycles. The maximum absolute atomic E-state index is 4.79. The minimum Gasteiger partial charge on any atom is -0.369 e. The summed E-state index contributed by atoms with van der Waals surface area (Å²) in [6.07, 6.45) is 5.73. The normalized spacial score (nSPS) is 16.5. The predicted octanol–water partition coefficient (Wildman–Crippen LogP) is 3.09. The van der Waals surface area contributed by atoms with Crippen LogP contribution in [0.5, 0.6) is 0 Å². The molecule has 1 aliphatic rings. The van der Waals surface area contributed by atoms with E-state index in [1.54, 1.807) is 0 Å². The molecule has 4 heteroatoms. The smallest absolute Gasteiger partial charge is 0.131 e. The molecule has 0 amide bonds. The van der Waals surface area contributed by atoms with Crippen molar-refractivity contribution in [1.29, 1.82) is 0 Å². The Morgan fingerprint density at radius 3 is 2.60 bits per heavy atom. The van der Waals surface area contributed by atoms with Gasteiger partial charge in [0.2, 0.25) is 0 Å². The molecule has 0 bridgehead atoms. The van der Waals surface area contributed by atoms with Crippen molar-refractivity contribution in [3.8, 4) is 0 Å². The molecule has 4 nitrogen and oxygen atoms in total. The van der Waals surface area contributed by atoms with Gasteiger partial charge in [-0.2, -0.15) is 0 Å². The molecule has 20 heavy (non-hydrogen) atoms. The van der Waals surface area contributed by atoms with Crippen LogP contribution >= 0.6 is 0 Å². The van der Waals surface area contributed by atoms with Gasteiger partial charge in [0.1, 0.15) is 5.82 Å². The van der Waals surface area contributed by atoms with Crippen molar-refractivity contribution in [2.24, 2.45) is 0 Å². The zero-order valence-corrected chi connectivity index (χ0v) is 13.5. The van der Waals surface area contributed by atoms with Crippen LogP contribution in [0, 0.1) is 0 Å². The highest BCUT2D eigenvalue weighted by Crippen LogP contribution is 2.24. The summed E-state index contributed by atoms with van der Waals surface area (Å²) in [5.41, 5.74) is 2.30. The van der Waals surface area contributed by atoms with Crippen LogP contribution in [0.3, 0.4) is 0 Å². The molecule has 1 atom stereocenters. The number of anilines is 1. The van der Waals surface area contributed by atoms with E-state index in [1.807, 2.05) is 6.20 Å². The third-order valence-electron chi connectivity index (χ3n) is 4.15. The van der Waals surface area contributed by atoms with Crippen LogP contribution in [0.1, 0.15) is 64.4 Å². The molecule has 112 valence electrons. The Labute approximate surface area is 123 Å². The van der Waals surface area contributed by atoms with Crippen LogP contribution in [0.2, 0.25) is 0 Å². The molecule has 1 saturated carbocycles. The summed E-state index contributed by atoms with van der Waals surface area (Å²) < 4.78 is 0. The average Bonchev–Trinajstić information content (AvgIpc) is 3.27. The van der Waals surface area contributed by atoms with E-state index in [-0.39, 0.29) is 0 Å². The van der Waals surface area contributed by atoms with E-state index in [2.05, 4.69) is 49.9 Å². The number of hydrogen-bond acceptors (Lipinski definition) is 4. The first-order valence-corrected chi connectivity index (χ1v) is 7.85. The molecule has 0 aromatic carbocycles. The standard InChI is InChI=1S/C16H28N4/c1-6-12(4)20(5)15-10-18-16(11(2)3)19-14(15)9-17-13-7-8-13/h10-13,17H,6-9H2,1-5H3. The van der Waals surface area contributed by atoms with Crippen molar-refractivity contribution in [2.75, 3.05) is 11.9 Å². The third kappa shape index (κ3) is 3.69. The van der Waals surface area contributed by atoms with Crippen LogP contribution < -0.4 is 10.2 Å². The summed E-state index contributed by atoms with van der Waals surface area (Å²) in [6.45, 7) is 9.60. The predicted molar refractivity (Wildman–Crippen MR) is 84.1 cm³/mol. The van der Waals surface area contributed by atoms with Gasteiger partial charge in [0, 0.05) is 31.6 Å². The van der Waals surface area contributed by atoms with Gasteiger partial charge in [-0.1, -0.05) is 20.8 Å². The molecule has 1 heterocycles. The molecule has 0 spiro atoms. The van der Waals surface area contributed by atoms with Crippen molar-refractivity contribution in [2.45, 2.75) is 71.5 Å². The highest BCUT2D eigenvalue weighted by atomic mass is 15.2. The fraction of sp³-hybridized carbons (Fsp3) is 0.750. The molecule has 0 radical (unpaired) electrons. The molecule has 1 aromatic heterocycles. The van der Waals surface area contributed by atoms with Gasteiger partial charge in [0.05, 0.1) is 17.6 Å². The highest BCUT2D eigenvalue weighted by molar-refractivity contribution is 5.49. The number of nitrogens with one attached hydrogen (secondary N) is 1. The maximum atomic E-state index is 4.79. The Morgan fingerprint density at radius 1 is 1.35 bits per heavy atom. The van der Waals surface area contributed by atoms with Crippen LogP contribution in [0.25, 0.3) is 0 Å². The van der Waals surface area contributed by atoms with Crippen LogP contribution in [-0.2, 0) is 6.54 Å². The van der Waals surface area contributed by atoms with Gasteiger partial charge in [-0.25, -0.2) is 9.97 Å². The second-order valence-electron chi connectivity index (χ2n) is 6.24. The molecule has 1 fully saturated rings. The Bertz CT molecular complexity index is 440. The van der Waals surface area contributed by atoms with E-state index in [0.717, 1.165) is 30.2 Å². The third-order valence-corrected chi connectivity index (χ3v) is 4.15. The summed E-state index contributed by atoms with van der Waals surface area (Å²) in [4.78, 5) is 11.6. The molecule has 0 aliphatic heterocycles. The van der Waals surface area contributed by atoms with Gasteiger partial charge < -0.3 is 10.2 Å². The molecule has 1 unspecified atom stereocenters. The Morgan fingerprint density at radius 2 is 2.05 bits per heavy atom. The average molecular weight is 276 g/mol. The van der Waals surface area contributed by atoms with Crippen molar-refractivity contribution < 1.29 is 0 Å². The van der Waals surface area contributed by atoms with E-state index >= 15 is 0 Å². The van der Waals surface area contributed by atoms with Gasteiger partial charge >= 0.3 is 0 Å². The van der Waals surface area contributed by atoms with Crippen LogP contribution in [-0.4, -0.2) is 29.1 Å². The fourth-order valence-corrected chi connectivity index (χ4v) is 2.17. The number of rotatable bonds is 7. The first-order chi connectivity index (χ1) is 9.52. The second kappa shape index (κ2) is 6.53. The van der Waals surface area contributed by atoms with E-state index < -0.39 is 0 Å². The van der Waals surface area contributed by atoms with Crippen molar-refractivity contribution in [1.82, 2.24) is 15.3 Å². The summed E-state index contributed by atoms with van der Waals surface area (Å²) in [5, 5.41) is 3.57. The number of hydrogen-bond donors (Lipinski definition) is 1. The Kier molecular flexibility index (Phi) is 4.97. The van der Waals surface area contributed by atoms with Gasteiger partial charge in [0.25, 0.3) is 0 Å². The zero-order chi connectivity index (χ0) is 14.7. The Hall–Kier alpha value is -1.16. The van der Waals surface area contributed by atoms with Gasteiger partial charge in [-0.3, -0.25) is 0 Å². The largest absolute Gasteiger partial charge is 0.369 e. The van der Waals surface area contributed by atoms with Gasteiger partial charge in [0.15, 0.2) is 0 Å². The molecular weight excluding hydrogens is 248 g/mol. The quantitative estimate of drug-likeness (QED) is 0.831. The van der Waals surface area contributed by atoms with Crippen LogP contribution in [0.15, 0.2) is 6.20 Å². The van der Waals surface area contributed by atoms with Gasteiger partial charge in [-0.05, 0) is 26.2 Å². The molecule has 1 N–H and O–H groups in total. The minimum absolute atomic E-state index is 0.373. The summed E-state index contributed by atoms with van der Waals surface area (Å²) in [5.74, 6) is 1.32. The van der Waals surface area contributed by atoms with E-state index in [4.69, 9.17) is 4.98 Å². The van der Waals surface area contributed by atoms with Crippen molar-refractivity contribution >= 4 is 5.69 Å². The number of nitrogens with zero attached hydrogens (tertiary/aromatic N) is 3. The summed E-state index contributed by atoms with van der Waals surface area (Å²) in [7, 11) is 2.14. The fourth-order valence-electron chi connectivity index (χ4n) is 2.17. The lowest BCUT2D eigenvalue weighted by molar-refractivity contribution is 0.631. The van der Waals surface area contributed by atoms with E-state index in [1.165, 1.54) is 12.8 Å². The lowest BCUT2D eigenvalue weighted by Gasteiger charge is -2.28. The lowest BCUT2D eigenvalue weighted by atomic mass is 10.1. The first-order valence-electron chi connectivity index (χ1n) is 7.85. The SMILES string of the molecule is CCC(C)N(C)c1cnc(C(C)C)nc1CNC1CC1. The van der Waals surface area contributed by atoms with Crippen molar-refractivity contribution in [3.05, 3.63) is 17.7 Å². The molecule has 1 aromatic rings. The van der Waals surface area contributed by atoms with Crippen LogP contribution in [0.4, 0.5) is 5.69 Å². The van der Waals surface area contributed by atoms with E-state index in [0.29, 0.717) is 18.0 Å². The lowest BCUT2D eigenvalue weighted by Crippen LogP contribution is -2.30. The molecular formula is C16H28N4. The monoisotopic (exact) mass is 276 g/mol. The zero-order valence-electron chi connectivity index (χ0n) is 13.5. The number of aromatic nitrogens is 2. The highest BCUT2D eigenvalue weighted by Gasteiger charge is 2.22. The van der Waals surface area contributed by atoms with Crippen molar-refractivity contribution in [3.63, 3.8) is 0 Å². The topological polar surface area (TPSA) is 41.1 Å². The van der Waals surface area contributed by atoms with Gasteiger partial charge in [-0.15, -0.1) is 0 Å². The Balaban J connectivity index is 2.22. The molecule has 2 rings (SSSR count).